The molecule has 2 aromatic rings. The van der Waals surface area contributed by atoms with Crippen LogP contribution in [-0.2, 0) is 4.79 Å². The van der Waals surface area contributed by atoms with Crippen molar-refractivity contribution in [2.75, 3.05) is 26.2 Å². The second-order valence-electron chi connectivity index (χ2n) is 5.11. The Morgan fingerprint density at radius 1 is 1.17 bits per heavy atom. The zero-order valence-electron chi connectivity index (χ0n) is 14.0. The molecule has 0 radical (unpaired) electrons. The van der Waals surface area contributed by atoms with Gasteiger partial charge in [-0.15, -0.1) is 11.3 Å². The van der Waals surface area contributed by atoms with E-state index in [1.54, 1.807) is 51.4 Å². The molecule has 7 heteroatoms. The standard InChI is InChI=1S/C17H20N2O4S/c1-11(18-16(20)15-6-5-9-24-15)17(21)19(2)12-7-8-13(22-3)14(10-12)23-4/h5-11H,1-4H3,(H,18,20)/t11-/m1/s1. The summed E-state index contributed by atoms with van der Waals surface area (Å²) in [4.78, 5) is 26.6. The van der Waals surface area contributed by atoms with E-state index in [4.69, 9.17) is 9.47 Å². The Hall–Kier alpha value is -2.54. The Morgan fingerprint density at radius 2 is 1.88 bits per heavy atom. The summed E-state index contributed by atoms with van der Waals surface area (Å²) in [7, 11) is 4.74. The Labute approximate surface area is 145 Å². The molecule has 0 unspecified atom stereocenters. The number of nitrogens with zero attached hydrogens (tertiary/aromatic N) is 1. The lowest BCUT2D eigenvalue weighted by Gasteiger charge is -2.23. The first kappa shape index (κ1) is 17.8. The molecule has 1 N–H and O–H groups in total. The molecule has 24 heavy (non-hydrogen) atoms. The molecular weight excluding hydrogens is 328 g/mol. The van der Waals surface area contributed by atoms with Crippen molar-refractivity contribution in [3.05, 3.63) is 40.6 Å². The number of carbonyl (C=O) groups is 2. The highest BCUT2D eigenvalue weighted by molar-refractivity contribution is 7.12. The van der Waals surface area contributed by atoms with Crippen molar-refractivity contribution >= 4 is 28.8 Å². The molecule has 128 valence electrons. The number of anilines is 1. The van der Waals surface area contributed by atoms with Crippen LogP contribution in [0.25, 0.3) is 0 Å². The number of nitrogens with one attached hydrogen (secondary N) is 1. The second-order valence-corrected chi connectivity index (χ2v) is 6.06. The van der Waals surface area contributed by atoms with Crippen LogP contribution in [0.5, 0.6) is 11.5 Å². The van der Waals surface area contributed by atoms with Crippen LogP contribution in [0, 0.1) is 0 Å². The first-order valence-corrected chi connectivity index (χ1v) is 8.19. The average Bonchev–Trinajstić information content (AvgIpc) is 3.14. The van der Waals surface area contributed by atoms with E-state index in [1.165, 1.54) is 23.3 Å². The minimum Gasteiger partial charge on any atom is -0.493 e. The Kier molecular flexibility index (Phi) is 5.81. The summed E-state index contributed by atoms with van der Waals surface area (Å²) in [6, 6.07) is 8.05. The van der Waals surface area contributed by atoms with Crippen LogP contribution in [0.3, 0.4) is 0 Å². The maximum absolute atomic E-state index is 12.5. The minimum absolute atomic E-state index is 0.230. The lowest BCUT2D eigenvalue weighted by Crippen LogP contribution is -2.45. The molecule has 0 bridgehead atoms. The van der Waals surface area contributed by atoms with Crippen molar-refractivity contribution in [2.45, 2.75) is 13.0 Å². The highest BCUT2D eigenvalue weighted by Crippen LogP contribution is 2.31. The first-order valence-electron chi connectivity index (χ1n) is 7.32. The molecule has 1 atom stereocenters. The summed E-state index contributed by atoms with van der Waals surface area (Å²) >= 11 is 1.33. The second kappa shape index (κ2) is 7.83. The van der Waals surface area contributed by atoms with Crippen molar-refractivity contribution in [2.24, 2.45) is 0 Å². The van der Waals surface area contributed by atoms with E-state index in [0.717, 1.165) is 0 Å². The predicted octanol–water partition coefficient (Wildman–Crippen LogP) is 2.55. The molecule has 0 aliphatic heterocycles. The van der Waals surface area contributed by atoms with E-state index in [9.17, 15) is 9.59 Å². The molecule has 1 heterocycles. The molecule has 0 aliphatic carbocycles. The number of likely N-dealkylation sites (N-methyl/N-ethyl adjacent to an activating group) is 1. The number of benzene rings is 1. The number of ether oxygens (including phenoxy) is 2. The maximum Gasteiger partial charge on any atom is 0.261 e. The van der Waals surface area contributed by atoms with Crippen LogP contribution >= 0.6 is 11.3 Å². The molecule has 1 aromatic heterocycles. The number of thiophene rings is 1. The van der Waals surface area contributed by atoms with Crippen molar-refractivity contribution in [3.8, 4) is 11.5 Å². The van der Waals surface area contributed by atoms with Crippen LogP contribution in [0.15, 0.2) is 35.7 Å². The van der Waals surface area contributed by atoms with E-state index >= 15 is 0 Å². The number of methoxy groups -OCH3 is 2. The molecule has 1 aromatic carbocycles. The predicted molar refractivity (Wildman–Crippen MR) is 94.2 cm³/mol. The van der Waals surface area contributed by atoms with E-state index in [0.29, 0.717) is 22.1 Å². The average molecular weight is 348 g/mol. The van der Waals surface area contributed by atoms with Gasteiger partial charge in [0.15, 0.2) is 11.5 Å². The van der Waals surface area contributed by atoms with Crippen molar-refractivity contribution in [3.63, 3.8) is 0 Å². The van der Waals surface area contributed by atoms with Crippen molar-refractivity contribution in [1.82, 2.24) is 5.32 Å². The van der Waals surface area contributed by atoms with Gasteiger partial charge in [0.05, 0.1) is 19.1 Å². The fraction of sp³-hybridized carbons (Fsp3) is 0.294. The van der Waals surface area contributed by atoms with Crippen LogP contribution in [0.1, 0.15) is 16.6 Å². The molecule has 0 aliphatic rings. The third-order valence-corrected chi connectivity index (χ3v) is 4.42. The Morgan fingerprint density at radius 3 is 2.46 bits per heavy atom. The molecule has 0 spiro atoms. The zero-order chi connectivity index (χ0) is 17.7. The SMILES string of the molecule is COc1ccc(N(C)C(=O)[C@@H](C)NC(=O)c2cccs2)cc1OC. The molecule has 0 saturated carbocycles. The third-order valence-electron chi connectivity index (χ3n) is 3.55. The van der Waals surface area contributed by atoms with Gasteiger partial charge in [-0.1, -0.05) is 6.07 Å². The van der Waals surface area contributed by atoms with Gasteiger partial charge in [-0.3, -0.25) is 9.59 Å². The van der Waals surface area contributed by atoms with Crippen molar-refractivity contribution < 1.29 is 19.1 Å². The lowest BCUT2D eigenvalue weighted by atomic mass is 10.2. The molecule has 0 saturated heterocycles. The highest BCUT2D eigenvalue weighted by atomic mass is 32.1. The number of hydrogen-bond donors (Lipinski definition) is 1. The summed E-state index contributed by atoms with van der Waals surface area (Å²) in [5.74, 6) is 0.629. The highest BCUT2D eigenvalue weighted by Gasteiger charge is 2.22. The van der Waals surface area contributed by atoms with Crippen LogP contribution in [0.4, 0.5) is 5.69 Å². The van der Waals surface area contributed by atoms with Gasteiger partial charge in [0, 0.05) is 18.8 Å². The number of hydrogen-bond acceptors (Lipinski definition) is 5. The van der Waals surface area contributed by atoms with Gasteiger partial charge in [-0.2, -0.15) is 0 Å². The third kappa shape index (κ3) is 3.86. The number of rotatable bonds is 6. The Balaban J connectivity index is 2.09. The largest absolute Gasteiger partial charge is 0.493 e. The van der Waals surface area contributed by atoms with Gasteiger partial charge in [0.25, 0.3) is 5.91 Å². The quantitative estimate of drug-likeness (QED) is 0.871. The lowest BCUT2D eigenvalue weighted by molar-refractivity contribution is -0.119. The normalized spacial score (nSPS) is 11.5. The van der Waals surface area contributed by atoms with Gasteiger partial charge < -0.3 is 19.7 Å². The molecule has 0 fully saturated rings. The molecule has 2 rings (SSSR count). The maximum atomic E-state index is 12.5. The van der Waals surface area contributed by atoms with Gasteiger partial charge in [-0.05, 0) is 30.5 Å². The van der Waals surface area contributed by atoms with Gasteiger partial charge >= 0.3 is 0 Å². The summed E-state index contributed by atoms with van der Waals surface area (Å²) in [5.41, 5.74) is 0.648. The number of carbonyl (C=O) groups excluding carboxylic acids is 2. The van der Waals surface area contributed by atoms with E-state index in [1.807, 2.05) is 5.38 Å². The monoisotopic (exact) mass is 348 g/mol. The summed E-state index contributed by atoms with van der Waals surface area (Å²) in [6.07, 6.45) is 0. The van der Waals surface area contributed by atoms with Gasteiger partial charge in [0.1, 0.15) is 6.04 Å². The number of amides is 2. The van der Waals surface area contributed by atoms with Crippen molar-refractivity contribution in [1.29, 1.82) is 0 Å². The smallest absolute Gasteiger partial charge is 0.261 e. The fourth-order valence-electron chi connectivity index (χ4n) is 2.19. The minimum atomic E-state index is -0.655. The van der Waals surface area contributed by atoms with Gasteiger partial charge in [-0.25, -0.2) is 0 Å². The van der Waals surface area contributed by atoms with Crippen LogP contribution in [0.2, 0.25) is 0 Å². The molecule has 2 amide bonds. The summed E-state index contributed by atoms with van der Waals surface area (Å²) < 4.78 is 10.4. The van der Waals surface area contributed by atoms with E-state index in [-0.39, 0.29) is 11.8 Å². The molecular formula is C17H20N2O4S. The van der Waals surface area contributed by atoms with Gasteiger partial charge in [0.2, 0.25) is 5.91 Å². The first-order chi connectivity index (χ1) is 11.5. The summed E-state index contributed by atoms with van der Waals surface area (Å²) in [6.45, 7) is 1.66. The zero-order valence-corrected chi connectivity index (χ0v) is 14.8. The van der Waals surface area contributed by atoms with Crippen LogP contribution < -0.4 is 19.7 Å². The summed E-state index contributed by atoms with van der Waals surface area (Å²) in [5, 5.41) is 4.52. The fourth-order valence-corrected chi connectivity index (χ4v) is 2.82. The van der Waals surface area contributed by atoms with E-state index < -0.39 is 6.04 Å². The van der Waals surface area contributed by atoms with Crippen LogP contribution in [-0.4, -0.2) is 39.1 Å². The topological polar surface area (TPSA) is 67.9 Å². The Bertz CT molecular complexity index is 715. The van der Waals surface area contributed by atoms with E-state index in [2.05, 4.69) is 5.32 Å². The molecule has 6 nitrogen and oxygen atoms in total.